The molecule has 1 aromatic rings. The number of allylic oxidation sites excluding steroid dienone is 1. The molecule has 0 aliphatic carbocycles. The Kier molecular flexibility index (Phi) is 4.79. The molecule has 0 unspecified atom stereocenters. The van der Waals surface area contributed by atoms with E-state index in [1.807, 2.05) is 6.07 Å². The van der Waals surface area contributed by atoms with Crippen LogP contribution in [0.1, 0.15) is 11.1 Å². The average Bonchev–Trinajstić information content (AvgIpc) is 2.17. The number of benzene rings is 1. The van der Waals surface area contributed by atoms with E-state index in [2.05, 4.69) is 46.3 Å². The van der Waals surface area contributed by atoms with Gasteiger partial charge in [0, 0.05) is 5.33 Å². The van der Waals surface area contributed by atoms with E-state index in [4.69, 9.17) is 5.73 Å². The monoisotopic (exact) mass is 239 g/mol. The molecule has 0 radical (unpaired) electrons. The first-order valence-electron chi connectivity index (χ1n) is 4.39. The summed E-state index contributed by atoms with van der Waals surface area (Å²) >= 11 is 3.36. The lowest BCUT2D eigenvalue weighted by atomic mass is 10.0. The van der Waals surface area contributed by atoms with Crippen LogP contribution in [0.15, 0.2) is 30.3 Å². The number of hydrogen-bond donors (Lipinski definition) is 1. The van der Waals surface area contributed by atoms with E-state index in [0.29, 0.717) is 6.54 Å². The summed E-state index contributed by atoms with van der Waals surface area (Å²) in [7, 11) is 0. The SMILES string of the molecule is NCCc1ccccc1C=CCBr. The van der Waals surface area contributed by atoms with Crippen molar-refractivity contribution >= 4 is 22.0 Å². The van der Waals surface area contributed by atoms with Gasteiger partial charge in [-0.15, -0.1) is 0 Å². The van der Waals surface area contributed by atoms with Crippen LogP contribution in [0.4, 0.5) is 0 Å². The fourth-order valence-electron chi connectivity index (χ4n) is 1.25. The average molecular weight is 240 g/mol. The molecule has 1 nitrogen and oxygen atoms in total. The van der Waals surface area contributed by atoms with Crippen LogP contribution < -0.4 is 5.73 Å². The van der Waals surface area contributed by atoms with E-state index < -0.39 is 0 Å². The van der Waals surface area contributed by atoms with Crippen molar-refractivity contribution in [3.8, 4) is 0 Å². The van der Waals surface area contributed by atoms with Crippen LogP contribution in [0.2, 0.25) is 0 Å². The Hall–Kier alpha value is -0.600. The Balaban J connectivity index is 2.84. The summed E-state index contributed by atoms with van der Waals surface area (Å²) in [5.74, 6) is 0. The molecule has 0 spiro atoms. The molecule has 0 aliphatic rings. The largest absolute Gasteiger partial charge is 0.330 e. The minimum Gasteiger partial charge on any atom is -0.330 e. The van der Waals surface area contributed by atoms with E-state index in [-0.39, 0.29) is 0 Å². The first-order chi connectivity index (χ1) is 6.38. The Labute approximate surface area is 87.8 Å². The summed E-state index contributed by atoms with van der Waals surface area (Å²) in [5.41, 5.74) is 8.12. The summed E-state index contributed by atoms with van der Waals surface area (Å²) in [5, 5.41) is 0.893. The van der Waals surface area contributed by atoms with Crippen LogP contribution in [-0.2, 0) is 6.42 Å². The zero-order valence-corrected chi connectivity index (χ0v) is 9.13. The summed E-state index contributed by atoms with van der Waals surface area (Å²) in [6.45, 7) is 0.708. The highest BCUT2D eigenvalue weighted by Gasteiger charge is 1.95. The first kappa shape index (κ1) is 10.5. The number of alkyl halides is 1. The first-order valence-corrected chi connectivity index (χ1v) is 5.51. The zero-order chi connectivity index (χ0) is 9.52. The molecule has 2 heteroatoms. The molecule has 1 aromatic carbocycles. The Bertz CT molecular complexity index is 281. The second kappa shape index (κ2) is 5.95. The Morgan fingerprint density at radius 3 is 2.77 bits per heavy atom. The third kappa shape index (κ3) is 3.33. The topological polar surface area (TPSA) is 26.0 Å². The highest BCUT2D eigenvalue weighted by Crippen LogP contribution is 2.11. The molecule has 1 rings (SSSR count). The lowest BCUT2D eigenvalue weighted by molar-refractivity contribution is 0.966. The van der Waals surface area contributed by atoms with Crippen LogP contribution in [0.25, 0.3) is 6.08 Å². The van der Waals surface area contributed by atoms with Crippen molar-refractivity contribution in [2.24, 2.45) is 5.73 Å². The van der Waals surface area contributed by atoms with E-state index in [0.717, 1.165) is 11.8 Å². The third-order valence-corrected chi connectivity index (χ3v) is 2.23. The van der Waals surface area contributed by atoms with Crippen molar-refractivity contribution in [3.63, 3.8) is 0 Å². The molecule has 0 heterocycles. The standard InChI is InChI=1S/C11H14BrN/c12-8-3-6-10-4-1-2-5-11(10)7-9-13/h1-6H,7-9,13H2. The molecular weight excluding hydrogens is 226 g/mol. The predicted molar refractivity (Wildman–Crippen MR) is 62.0 cm³/mol. The van der Waals surface area contributed by atoms with Gasteiger partial charge in [-0.3, -0.25) is 0 Å². The van der Waals surface area contributed by atoms with Gasteiger partial charge in [0.05, 0.1) is 0 Å². The minimum atomic E-state index is 0.708. The molecular formula is C11H14BrN. The number of rotatable bonds is 4. The maximum Gasteiger partial charge on any atom is 0.0215 e. The predicted octanol–water partition coefficient (Wildman–Crippen LogP) is 2.60. The smallest absolute Gasteiger partial charge is 0.0215 e. The number of nitrogens with two attached hydrogens (primary N) is 1. The summed E-state index contributed by atoms with van der Waals surface area (Å²) < 4.78 is 0. The summed E-state index contributed by atoms with van der Waals surface area (Å²) in [4.78, 5) is 0. The highest BCUT2D eigenvalue weighted by atomic mass is 79.9. The molecule has 0 saturated carbocycles. The minimum absolute atomic E-state index is 0.708. The van der Waals surface area contributed by atoms with Crippen molar-refractivity contribution in [1.29, 1.82) is 0 Å². The summed E-state index contributed by atoms with van der Waals surface area (Å²) in [6.07, 6.45) is 5.16. The van der Waals surface area contributed by atoms with Gasteiger partial charge in [-0.05, 0) is 24.1 Å². The molecule has 2 N–H and O–H groups in total. The van der Waals surface area contributed by atoms with Crippen LogP contribution in [0.5, 0.6) is 0 Å². The lowest BCUT2D eigenvalue weighted by Gasteiger charge is -2.03. The quantitative estimate of drug-likeness (QED) is 0.804. The molecule has 0 atom stereocenters. The Morgan fingerprint density at radius 2 is 2.08 bits per heavy atom. The van der Waals surface area contributed by atoms with Crippen molar-refractivity contribution in [3.05, 3.63) is 41.5 Å². The van der Waals surface area contributed by atoms with E-state index >= 15 is 0 Å². The molecule has 13 heavy (non-hydrogen) atoms. The maximum absolute atomic E-state index is 5.52. The van der Waals surface area contributed by atoms with Gasteiger partial charge in [0.1, 0.15) is 0 Å². The molecule has 0 aliphatic heterocycles. The van der Waals surface area contributed by atoms with Gasteiger partial charge in [-0.25, -0.2) is 0 Å². The molecule has 70 valence electrons. The fourth-order valence-corrected chi connectivity index (χ4v) is 1.44. The zero-order valence-electron chi connectivity index (χ0n) is 7.54. The second-order valence-corrected chi connectivity index (χ2v) is 3.44. The van der Waals surface area contributed by atoms with Gasteiger partial charge in [-0.1, -0.05) is 52.3 Å². The van der Waals surface area contributed by atoms with E-state index in [9.17, 15) is 0 Å². The molecule has 0 bridgehead atoms. The van der Waals surface area contributed by atoms with Crippen LogP contribution in [0.3, 0.4) is 0 Å². The lowest BCUT2D eigenvalue weighted by Crippen LogP contribution is -2.03. The van der Waals surface area contributed by atoms with Gasteiger partial charge < -0.3 is 5.73 Å². The normalized spacial score (nSPS) is 10.9. The van der Waals surface area contributed by atoms with Gasteiger partial charge in [0.25, 0.3) is 0 Å². The van der Waals surface area contributed by atoms with Gasteiger partial charge in [0.15, 0.2) is 0 Å². The molecule has 0 amide bonds. The van der Waals surface area contributed by atoms with E-state index in [1.54, 1.807) is 0 Å². The fraction of sp³-hybridized carbons (Fsp3) is 0.273. The Morgan fingerprint density at radius 1 is 1.31 bits per heavy atom. The number of halogens is 1. The van der Waals surface area contributed by atoms with Crippen molar-refractivity contribution in [2.45, 2.75) is 6.42 Å². The van der Waals surface area contributed by atoms with Gasteiger partial charge in [0.2, 0.25) is 0 Å². The third-order valence-electron chi connectivity index (χ3n) is 1.86. The van der Waals surface area contributed by atoms with Crippen molar-refractivity contribution in [2.75, 3.05) is 11.9 Å². The highest BCUT2D eigenvalue weighted by molar-refractivity contribution is 9.09. The van der Waals surface area contributed by atoms with Crippen molar-refractivity contribution < 1.29 is 0 Å². The van der Waals surface area contributed by atoms with Crippen LogP contribution in [-0.4, -0.2) is 11.9 Å². The van der Waals surface area contributed by atoms with E-state index in [1.165, 1.54) is 11.1 Å². The summed E-state index contributed by atoms with van der Waals surface area (Å²) in [6, 6.07) is 8.34. The molecule has 0 fully saturated rings. The molecule has 0 saturated heterocycles. The van der Waals surface area contributed by atoms with Gasteiger partial charge >= 0.3 is 0 Å². The van der Waals surface area contributed by atoms with Crippen LogP contribution in [0, 0.1) is 0 Å². The number of hydrogen-bond acceptors (Lipinski definition) is 1. The molecule has 0 aromatic heterocycles. The van der Waals surface area contributed by atoms with Crippen LogP contribution >= 0.6 is 15.9 Å². The second-order valence-electron chi connectivity index (χ2n) is 2.79. The van der Waals surface area contributed by atoms with Gasteiger partial charge in [-0.2, -0.15) is 0 Å². The maximum atomic E-state index is 5.52. The van der Waals surface area contributed by atoms with Crippen molar-refractivity contribution in [1.82, 2.24) is 0 Å².